The number of nitrogens with zero attached hydrogens (tertiary/aromatic N) is 2. The van der Waals surface area contributed by atoms with Crippen molar-refractivity contribution in [1.82, 2.24) is 9.61 Å². The lowest BCUT2D eigenvalue weighted by molar-refractivity contribution is -0.139. The zero-order valence-electron chi connectivity index (χ0n) is 18.8. The monoisotopic (exact) mass is 475 g/mol. The first kappa shape index (κ1) is 23.6. The highest BCUT2D eigenvalue weighted by atomic mass is 19.1. The smallest absolute Gasteiger partial charge is 0.341 e. The van der Waals surface area contributed by atoms with E-state index < -0.39 is 30.1 Å². The van der Waals surface area contributed by atoms with E-state index in [0.717, 1.165) is 5.56 Å². The highest BCUT2D eigenvalue weighted by Crippen LogP contribution is 2.35. The fourth-order valence-corrected chi connectivity index (χ4v) is 4.05. The Kier molecular flexibility index (Phi) is 6.59. The number of hydrogen-bond acceptors (Lipinski definition) is 5. The third-order valence-electron chi connectivity index (χ3n) is 5.57. The van der Waals surface area contributed by atoms with Crippen LogP contribution >= 0.6 is 0 Å². The summed E-state index contributed by atoms with van der Waals surface area (Å²) in [7, 11) is 0. The van der Waals surface area contributed by atoms with Crippen LogP contribution in [-0.2, 0) is 22.4 Å². The van der Waals surface area contributed by atoms with Crippen molar-refractivity contribution in [2.24, 2.45) is 5.73 Å². The molecule has 0 fully saturated rings. The average Bonchev–Trinajstić information content (AvgIpc) is 3.16. The Morgan fingerprint density at radius 3 is 2.37 bits per heavy atom. The number of hydrogen-bond donors (Lipinski definition) is 2. The number of primary amides is 1. The summed E-state index contributed by atoms with van der Waals surface area (Å²) >= 11 is 0. The van der Waals surface area contributed by atoms with Crippen LogP contribution in [0.2, 0.25) is 0 Å². The van der Waals surface area contributed by atoms with Crippen LogP contribution in [0.15, 0.2) is 60.7 Å². The van der Waals surface area contributed by atoms with Crippen LogP contribution in [0.5, 0.6) is 5.75 Å². The van der Waals surface area contributed by atoms with Gasteiger partial charge in [0.2, 0.25) is 0 Å². The second-order valence-corrected chi connectivity index (χ2v) is 7.85. The summed E-state index contributed by atoms with van der Waals surface area (Å²) in [5.41, 5.74) is 8.58. The van der Waals surface area contributed by atoms with Crippen LogP contribution in [0.25, 0.3) is 16.8 Å². The van der Waals surface area contributed by atoms with Crippen molar-refractivity contribution in [3.8, 4) is 17.0 Å². The molecule has 0 aliphatic heterocycles. The van der Waals surface area contributed by atoms with E-state index in [4.69, 9.17) is 15.6 Å². The fraction of sp³-hybridized carbons (Fsp3) is 0.154. The lowest BCUT2D eigenvalue weighted by atomic mass is 9.99. The van der Waals surface area contributed by atoms with Gasteiger partial charge in [0.1, 0.15) is 17.1 Å². The number of fused-ring (bicyclic) bond motifs is 1. The van der Waals surface area contributed by atoms with Crippen molar-refractivity contribution < 1.29 is 28.6 Å². The van der Waals surface area contributed by atoms with Gasteiger partial charge in [-0.3, -0.25) is 9.59 Å². The van der Waals surface area contributed by atoms with Gasteiger partial charge in [-0.25, -0.2) is 13.7 Å². The van der Waals surface area contributed by atoms with E-state index in [9.17, 15) is 23.9 Å². The Bertz CT molecular complexity index is 1430. The minimum atomic E-state index is -1.22. The number of carboxylic acids is 1. The summed E-state index contributed by atoms with van der Waals surface area (Å²) in [6.45, 7) is 1.15. The highest BCUT2D eigenvalue weighted by molar-refractivity contribution is 6.44. The molecular weight excluding hydrogens is 453 g/mol. The number of nitrogens with two attached hydrogens (primary N) is 1. The summed E-state index contributed by atoms with van der Waals surface area (Å²) in [5, 5.41) is 13.9. The number of carboxylic acid groups (broad SMARTS) is 1. The van der Waals surface area contributed by atoms with Gasteiger partial charge < -0.3 is 15.6 Å². The number of ether oxygens (including phenoxy) is 1. The van der Waals surface area contributed by atoms with Crippen LogP contribution < -0.4 is 10.5 Å². The zero-order chi connectivity index (χ0) is 25.1. The molecule has 178 valence electrons. The number of rotatable bonds is 9. The predicted octanol–water partition coefficient (Wildman–Crippen LogP) is 3.43. The van der Waals surface area contributed by atoms with E-state index >= 15 is 0 Å². The number of amides is 1. The maximum atomic E-state index is 13.5. The molecule has 0 aliphatic carbocycles. The molecule has 3 N–H and O–H groups in total. The van der Waals surface area contributed by atoms with E-state index in [-0.39, 0.29) is 16.8 Å². The number of aromatic nitrogens is 2. The summed E-state index contributed by atoms with van der Waals surface area (Å²) in [4.78, 5) is 36.2. The highest BCUT2D eigenvalue weighted by Gasteiger charge is 2.29. The molecule has 0 saturated carbocycles. The first-order valence-corrected chi connectivity index (χ1v) is 10.9. The zero-order valence-corrected chi connectivity index (χ0v) is 18.8. The van der Waals surface area contributed by atoms with Crippen LogP contribution in [0, 0.1) is 5.82 Å². The topological polar surface area (TPSA) is 124 Å². The number of carbonyl (C=O) groups is 3. The van der Waals surface area contributed by atoms with Gasteiger partial charge in [0.05, 0.1) is 17.0 Å². The standard InChI is InChI=1S/C26H22FN3O5/c1-2-18-20(12-15-6-4-3-5-7-15)30-24(23(18)25(33)26(28)34)21(35-14-22(31)32)13-19(29-30)16-8-10-17(27)11-9-16/h3-11,13H,2,12,14H2,1H3,(H2,28,34)(H,31,32). The second-order valence-electron chi connectivity index (χ2n) is 7.85. The number of halogens is 1. The molecule has 0 saturated heterocycles. The van der Waals surface area contributed by atoms with Crippen molar-refractivity contribution >= 4 is 23.2 Å². The van der Waals surface area contributed by atoms with Gasteiger partial charge in [0.25, 0.3) is 11.7 Å². The lowest BCUT2D eigenvalue weighted by Gasteiger charge is -2.12. The van der Waals surface area contributed by atoms with Gasteiger partial charge in [-0.15, -0.1) is 0 Å². The number of aliphatic carboxylic acids is 1. The van der Waals surface area contributed by atoms with Crippen molar-refractivity contribution in [1.29, 1.82) is 0 Å². The van der Waals surface area contributed by atoms with E-state index in [1.165, 1.54) is 34.8 Å². The Hall–Kier alpha value is -4.53. The number of ketones is 1. The largest absolute Gasteiger partial charge is 0.480 e. The van der Waals surface area contributed by atoms with Gasteiger partial charge in [-0.2, -0.15) is 5.10 Å². The lowest BCUT2D eigenvalue weighted by Crippen LogP contribution is -2.24. The SMILES string of the molecule is CCc1c(C(=O)C(N)=O)c2c(OCC(=O)O)cc(-c3ccc(F)cc3)nn2c1Cc1ccccc1. The number of benzene rings is 2. The summed E-state index contributed by atoms with van der Waals surface area (Å²) in [5.74, 6) is -3.68. The molecule has 8 nitrogen and oxygen atoms in total. The van der Waals surface area contributed by atoms with Crippen LogP contribution in [0.3, 0.4) is 0 Å². The number of carbonyl (C=O) groups excluding carboxylic acids is 2. The molecule has 2 aromatic carbocycles. The molecule has 0 bridgehead atoms. The van der Waals surface area contributed by atoms with Crippen molar-refractivity contribution in [3.63, 3.8) is 0 Å². The van der Waals surface area contributed by atoms with Crippen LogP contribution in [0.1, 0.15) is 34.1 Å². The van der Waals surface area contributed by atoms with Gasteiger partial charge in [-0.05, 0) is 41.8 Å². The molecular formula is C26H22FN3O5. The normalized spacial score (nSPS) is 10.9. The number of Topliss-reactive ketones (excluding diaryl/α,β-unsaturated/α-hetero) is 1. The van der Waals surface area contributed by atoms with Crippen LogP contribution in [0.4, 0.5) is 4.39 Å². The minimum absolute atomic E-state index is 0.0319. The third-order valence-corrected chi connectivity index (χ3v) is 5.57. The summed E-state index contributed by atoms with van der Waals surface area (Å²) < 4.78 is 20.6. The van der Waals surface area contributed by atoms with E-state index in [2.05, 4.69) is 0 Å². The van der Waals surface area contributed by atoms with Gasteiger partial charge in [0, 0.05) is 18.1 Å². The average molecular weight is 475 g/mol. The molecule has 2 aromatic heterocycles. The second kappa shape index (κ2) is 9.76. The van der Waals surface area contributed by atoms with E-state index in [0.29, 0.717) is 35.4 Å². The molecule has 0 radical (unpaired) electrons. The minimum Gasteiger partial charge on any atom is -0.480 e. The molecule has 4 aromatic rings. The molecule has 35 heavy (non-hydrogen) atoms. The summed E-state index contributed by atoms with van der Waals surface area (Å²) in [6, 6.07) is 16.6. The molecule has 4 rings (SSSR count). The molecule has 0 spiro atoms. The van der Waals surface area contributed by atoms with Gasteiger partial charge in [0.15, 0.2) is 6.61 Å². The first-order valence-electron chi connectivity index (χ1n) is 10.9. The third kappa shape index (κ3) is 4.74. The maximum absolute atomic E-state index is 13.5. The molecule has 2 heterocycles. The van der Waals surface area contributed by atoms with Crippen LogP contribution in [-0.4, -0.2) is 39.0 Å². The Balaban J connectivity index is 2.06. The van der Waals surface area contributed by atoms with Gasteiger partial charge >= 0.3 is 5.97 Å². The predicted molar refractivity (Wildman–Crippen MR) is 126 cm³/mol. The molecule has 9 heteroatoms. The molecule has 0 aliphatic rings. The summed E-state index contributed by atoms with van der Waals surface area (Å²) in [6.07, 6.45) is 0.750. The first-order chi connectivity index (χ1) is 16.8. The Morgan fingerprint density at radius 2 is 1.77 bits per heavy atom. The van der Waals surface area contributed by atoms with Gasteiger partial charge in [-0.1, -0.05) is 37.3 Å². The maximum Gasteiger partial charge on any atom is 0.341 e. The fourth-order valence-electron chi connectivity index (χ4n) is 4.05. The van der Waals surface area contributed by atoms with Crippen molar-refractivity contribution in [2.75, 3.05) is 6.61 Å². The molecule has 1 amide bonds. The van der Waals surface area contributed by atoms with E-state index in [1.54, 1.807) is 0 Å². The molecule has 0 unspecified atom stereocenters. The Labute approximate surface area is 199 Å². The Morgan fingerprint density at radius 1 is 1.09 bits per heavy atom. The quantitative estimate of drug-likeness (QED) is 0.282. The molecule has 0 atom stereocenters. The van der Waals surface area contributed by atoms with Crippen molar-refractivity contribution in [3.05, 3.63) is 88.9 Å². The van der Waals surface area contributed by atoms with E-state index in [1.807, 2.05) is 37.3 Å². The van der Waals surface area contributed by atoms with Crippen molar-refractivity contribution in [2.45, 2.75) is 19.8 Å².